The summed E-state index contributed by atoms with van der Waals surface area (Å²) in [5.74, 6) is 1.59. The second kappa shape index (κ2) is 9.38. The number of para-hydroxylation sites is 1. The van der Waals surface area contributed by atoms with E-state index in [-0.39, 0.29) is 11.4 Å². The fourth-order valence-corrected chi connectivity index (χ4v) is 5.32. The summed E-state index contributed by atoms with van der Waals surface area (Å²) in [6.45, 7) is 9.98. The lowest BCUT2D eigenvalue weighted by molar-refractivity contribution is 0.170. The molecule has 0 radical (unpaired) electrons. The number of benzene rings is 1. The molecule has 1 saturated carbocycles. The van der Waals surface area contributed by atoms with E-state index in [0.29, 0.717) is 30.1 Å². The standard InChI is InChI=1S/C27H35ClN4O2/c1-18(2)31-13-9-19(10-14-31)21-5-4-6-22(28)25(21)29-26(33)32-15-11-27(3,12-16-32)24-17-23(34-30-24)20-7-8-20/h4-6,9,17-18,20H,7-8,10-16H2,1-3H3,(H,29,33). The van der Waals surface area contributed by atoms with E-state index in [1.54, 1.807) is 0 Å². The summed E-state index contributed by atoms with van der Waals surface area (Å²) in [4.78, 5) is 17.6. The number of hydrogen-bond donors (Lipinski definition) is 1. The highest BCUT2D eigenvalue weighted by atomic mass is 35.5. The maximum Gasteiger partial charge on any atom is 0.321 e. The normalized spacial score (nSPS) is 21.0. The zero-order chi connectivity index (χ0) is 23.9. The number of carbonyl (C=O) groups excluding carboxylic acids is 1. The molecule has 1 saturated heterocycles. The van der Waals surface area contributed by atoms with Crippen LogP contribution in [0.4, 0.5) is 10.5 Å². The molecule has 182 valence electrons. The highest BCUT2D eigenvalue weighted by Gasteiger charge is 2.38. The molecule has 0 bridgehead atoms. The first-order chi connectivity index (χ1) is 16.3. The summed E-state index contributed by atoms with van der Waals surface area (Å²) in [6.07, 6.45) is 7.35. The van der Waals surface area contributed by atoms with Gasteiger partial charge in [0.05, 0.1) is 16.4 Å². The molecule has 2 fully saturated rings. The van der Waals surface area contributed by atoms with Crippen LogP contribution < -0.4 is 5.32 Å². The summed E-state index contributed by atoms with van der Waals surface area (Å²) in [5.41, 5.74) is 3.97. The van der Waals surface area contributed by atoms with Crippen molar-refractivity contribution in [2.75, 3.05) is 31.5 Å². The summed E-state index contributed by atoms with van der Waals surface area (Å²) in [7, 11) is 0. The Balaban J connectivity index is 1.25. The van der Waals surface area contributed by atoms with Gasteiger partial charge in [0.15, 0.2) is 0 Å². The van der Waals surface area contributed by atoms with Crippen molar-refractivity contribution in [3.8, 4) is 0 Å². The second-order valence-corrected chi connectivity index (χ2v) is 11.0. The lowest BCUT2D eigenvalue weighted by atomic mass is 9.77. The summed E-state index contributed by atoms with van der Waals surface area (Å²) >= 11 is 6.58. The van der Waals surface area contributed by atoms with Gasteiger partial charge in [0, 0.05) is 55.2 Å². The molecule has 1 aromatic carbocycles. The first-order valence-electron chi connectivity index (χ1n) is 12.6. The summed E-state index contributed by atoms with van der Waals surface area (Å²) in [5, 5.41) is 8.10. The third-order valence-corrected chi connectivity index (χ3v) is 8.16. The molecule has 6 nitrogen and oxygen atoms in total. The van der Waals surface area contributed by atoms with Crippen molar-refractivity contribution in [2.24, 2.45) is 0 Å². The molecular weight excluding hydrogens is 448 g/mol. The van der Waals surface area contributed by atoms with Gasteiger partial charge in [-0.3, -0.25) is 4.90 Å². The number of piperidine rings is 1. The van der Waals surface area contributed by atoms with Crippen molar-refractivity contribution in [2.45, 2.75) is 70.3 Å². The Bertz CT molecular complexity index is 1080. The number of rotatable bonds is 5. The van der Waals surface area contributed by atoms with E-state index in [9.17, 15) is 4.79 Å². The zero-order valence-corrected chi connectivity index (χ0v) is 21.2. The van der Waals surface area contributed by atoms with Crippen molar-refractivity contribution in [3.05, 3.63) is 52.4 Å². The number of aromatic nitrogens is 1. The van der Waals surface area contributed by atoms with Crippen LogP contribution in [-0.4, -0.2) is 53.2 Å². The smallest absolute Gasteiger partial charge is 0.321 e. The fraction of sp³-hybridized carbons (Fsp3) is 0.556. The Kier molecular flexibility index (Phi) is 6.47. The highest BCUT2D eigenvalue weighted by Crippen LogP contribution is 2.43. The summed E-state index contributed by atoms with van der Waals surface area (Å²) in [6, 6.07) is 8.45. The average Bonchev–Trinajstić information content (AvgIpc) is 3.56. The Morgan fingerprint density at radius 2 is 2.00 bits per heavy atom. The molecule has 2 aliphatic heterocycles. The van der Waals surface area contributed by atoms with E-state index in [0.717, 1.165) is 55.1 Å². The molecule has 34 heavy (non-hydrogen) atoms. The minimum Gasteiger partial charge on any atom is -0.361 e. The zero-order valence-electron chi connectivity index (χ0n) is 20.4. The number of urea groups is 1. The van der Waals surface area contributed by atoms with Gasteiger partial charge in [0.2, 0.25) is 0 Å². The molecule has 2 aromatic rings. The Labute approximate surface area is 207 Å². The Hall–Kier alpha value is -2.31. The third-order valence-electron chi connectivity index (χ3n) is 7.84. The Morgan fingerprint density at radius 1 is 1.24 bits per heavy atom. The largest absolute Gasteiger partial charge is 0.361 e. The van der Waals surface area contributed by atoms with Crippen LogP contribution in [0.1, 0.15) is 75.8 Å². The van der Waals surface area contributed by atoms with E-state index in [2.05, 4.69) is 54.4 Å². The van der Waals surface area contributed by atoms with Crippen molar-refractivity contribution < 1.29 is 9.32 Å². The average molecular weight is 483 g/mol. The van der Waals surface area contributed by atoms with Crippen molar-refractivity contribution in [1.29, 1.82) is 0 Å². The van der Waals surface area contributed by atoms with Gasteiger partial charge in [-0.15, -0.1) is 0 Å². The van der Waals surface area contributed by atoms with Crippen LogP contribution in [0, 0.1) is 0 Å². The predicted octanol–water partition coefficient (Wildman–Crippen LogP) is 6.29. The molecule has 3 aliphatic rings. The highest BCUT2D eigenvalue weighted by molar-refractivity contribution is 6.34. The SMILES string of the molecule is CC(C)N1CC=C(c2cccc(Cl)c2NC(=O)N2CCC(C)(c3cc(C4CC4)on3)CC2)CC1. The second-order valence-electron chi connectivity index (χ2n) is 10.6. The number of halogens is 1. The number of amides is 2. The first-order valence-corrected chi connectivity index (χ1v) is 13.0. The summed E-state index contributed by atoms with van der Waals surface area (Å²) < 4.78 is 5.60. The first kappa shape index (κ1) is 23.4. The fourth-order valence-electron chi connectivity index (χ4n) is 5.10. The van der Waals surface area contributed by atoms with Crippen LogP contribution in [0.2, 0.25) is 5.02 Å². The van der Waals surface area contributed by atoms with Gasteiger partial charge in [-0.25, -0.2) is 4.79 Å². The van der Waals surface area contributed by atoms with Gasteiger partial charge >= 0.3 is 6.03 Å². The lowest BCUT2D eigenvalue weighted by Crippen LogP contribution is -2.45. The molecule has 1 aromatic heterocycles. The van der Waals surface area contributed by atoms with Crippen LogP contribution >= 0.6 is 11.6 Å². The number of hydrogen-bond acceptors (Lipinski definition) is 4. The maximum atomic E-state index is 13.2. The number of likely N-dealkylation sites (tertiary alicyclic amines) is 1. The van der Waals surface area contributed by atoms with Gasteiger partial charge in [0.25, 0.3) is 0 Å². The molecular formula is C27H35ClN4O2. The van der Waals surface area contributed by atoms with Crippen molar-refractivity contribution in [1.82, 2.24) is 15.0 Å². The third kappa shape index (κ3) is 4.76. The van der Waals surface area contributed by atoms with E-state index < -0.39 is 0 Å². The minimum atomic E-state index is -0.0876. The van der Waals surface area contributed by atoms with Gasteiger partial charge in [-0.1, -0.05) is 41.9 Å². The van der Waals surface area contributed by atoms with Crippen molar-refractivity contribution >= 4 is 28.9 Å². The molecule has 0 unspecified atom stereocenters. The number of anilines is 1. The molecule has 2 amide bonds. The van der Waals surface area contributed by atoms with Crippen LogP contribution in [0.3, 0.4) is 0 Å². The minimum absolute atomic E-state index is 0.0574. The molecule has 1 N–H and O–H groups in total. The van der Waals surface area contributed by atoms with Crippen LogP contribution in [0.5, 0.6) is 0 Å². The van der Waals surface area contributed by atoms with E-state index >= 15 is 0 Å². The van der Waals surface area contributed by atoms with E-state index in [1.807, 2.05) is 17.0 Å². The van der Waals surface area contributed by atoms with Crippen LogP contribution in [-0.2, 0) is 5.41 Å². The van der Waals surface area contributed by atoms with Gasteiger partial charge in [-0.05, 0) is 57.6 Å². The topological polar surface area (TPSA) is 61.6 Å². The van der Waals surface area contributed by atoms with E-state index in [1.165, 1.54) is 18.4 Å². The predicted molar refractivity (Wildman–Crippen MR) is 136 cm³/mol. The molecule has 0 spiro atoms. The van der Waals surface area contributed by atoms with Gasteiger partial charge in [0.1, 0.15) is 5.76 Å². The molecule has 0 atom stereocenters. The molecule has 7 heteroatoms. The molecule has 5 rings (SSSR count). The maximum absolute atomic E-state index is 13.2. The quantitative estimate of drug-likeness (QED) is 0.544. The van der Waals surface area contributed by atoms with Gasteiger partial charge < -0.3 is 14.7 Å². The van der Waals surface area contributed by atoms with Crippen LogP contribution in [0.15, 0.2) is 34.9 Å². The Morgan fingerprint density at radius 3 is 2.65 bits per heavy atom. The molecule has 3 heterocycles. The number of nitrogens with one attached hydrogen (secondary N) is 1. The molecule has 1 aliphatic carbocycles. The van der Waals surface area contributed by atoms with Crippen LogP contribution in [0.25, 0.3) is 5.57 Å². The van der Waals surface area contributed by atoms with Gasteiger partial charge in [-0.2, -0.15) is 0 Å². The van der Waals surface area contributed by atoms with Crippen molar-refractivity contribution in [3.63, 3.8) is 0 Å². The monoisotopic (exact) mass is 482 g/mol. The number of nitrogens with zero attached hydrogens (tertiary/aromatic N) is 3. The number of carbonyl (C=O) groups is 1. The lowest BCUT2D eigenvalue weighted by Gasteiger charge is -2.38. The van der Waals surface area contributed by atoms with E-state index in [4.69, 9.17) is 16.1 Å².